The number of likely N-dealkylation sites (tertiary alicyclic amines) is 1. The minimum atomic E-state index is -0.375. The molecule has 10 nitrogen and oxygen atoms in total. The fourth-order valence-electron chi connectivity index (χ4n) is 5.05. The van der Waals surface area contributed by atoms with Crippen molar-refractivity contribution in [3.63, 3.8) is 0 Å². The molecular formula is C27H31FN8O2S. The zero-order chi connectivity index (χ0) is 27.1. The smallest absolute Gasteiger partial charge is 0.236 e. The normalized spacial score (nSPS) is 16.6. The largest absolute Gasteiger partial charge is 0.389 e. The Kier molecular flexibility index (Phi) is 6.92. The first-order valence-electron chi connectivity index (χ1n) is 13.2. The Hall–Kier alpha value is -3.61. The van der Waals surface area contributed by atoms with Crippen molar-refractivity contribution in [2.45, 2.75) is 19.4 Å². The van der Waals surface area contributed by atoms with E-state index in [-0.39, 0.29) is 17.8 Å². The molecule has 6 rings (SSSR count). The quantitative estimate of drug-likeness (QED) is 0.376. The highest BCUT2D eigenvalue weighted by atomic mass is 32.1. The van der Waals surface area contributed by atoms with Crippen molar-refractivity contribution < 1.29 is 14.3 Å². The molecule has 1 N–H and O–H groups in total. The predicted octanol–water partition coefficient (Wildman–Crippen LogP) is 2.65. The number of piperazine rings is 1. The molecule has 0 radical (unpaired) electrons. The fourth-order valence-corrected chi connectivity index (χ4v) is 5.85. The van der Waals surface area contributed by atoms with Gasteiger partial charge in [-0.1, -0.05) is 6.92 Å². The summed E-state index contributed by atoms with van der Waals surface area (Å²) >= 11 is 1.52. The molecular weight excluding hydrogens is 519 g/mol. The van der Waals surface area contributed by atoms with Crippen molar-refractivity contribution in [3.05, 3.63) is 53.3 Å². The number of aliphatic hydroxyl groups is 1. The second-order valence-electron chi connectivity index (χ2n) is 9.99. The lowest BCUT2D eigenvalue weighted by atomic mass is 10.1. The molecule has 4 aromatic rings. The SMILES string of the molecule is CCc1nc2ccc(N3CCN(CC(=O)N4CC(O)C4)CC3)nn2c1N(C)c1nc(-c2ccc(F)cc2)cs1. The number of rotatable bonds is 7. The summed E-state index contributed by atoms with van der Waals surface area (Å²) < 4.78 is 15.3. The third-order valence-corrected chi connectivity index (χ3v) is 8.27. The number of anilines is 3. The van der Waals surface area contributed by atoms with Gasteiger partial charge in [0, 0.05) is 57.3 Å². The second kappa shape index (κ2) is 10.5. The number of β-amino-alcohol motifs (C(OH)–C–C–N with tert-alkyl or cyclic N) is 1. The first-order chi connectivity index (χ1) is 18.9. The number of imidazole rings is 1. The average Bonchev–Trinajstić information content (AvgIpc) is 3.56. The Morgan fingerprint density at radius 2 is 1.85 bits per heavy atom. The van der Waals surface area contributed by atoms with Crippen molar-refractivity contribution in [1.29, 1.82) is 0 Å². The van der Waals surface area contributed by atoms with Gasteiger partial charge in [0.15, 0.2) is 16.6 Å². The van der Waals surface area contributed by atoms with E-state index in [0.717, 1.165) is 72.0 Å². The molecule has 12 heteroatoms. The van der Waals surface area contributed by atoms with Crippen molar-refractivity contribution >= 4 is 39.7 Å². The number of halogens is 1. The van der Waals surface area contributed by atoms with Crippen LogP contribution in [0.3, 0.4) is 0 Å². The number of amides is 1. The van der Waals surface area contributed by atoms with Crippen LogP contribution in [0.2, 0.25) is 0 Å². The third-order valence-electron chi connectivity index (χ3n) is 7.35. The van der Waals surface area contributed by atoms with Gasteiger partial charge in [-0.25, -0.2) is 14.4 Å². The number of carbonyl (C=O) groups is 1. The van der Waals surface area contributed by atoms with Crippen LogP contribution in [0.4, 0.5) is 21.2 Å². The van der Waals surface area contributed by atoms with Crippen LogP contribution >= 0.6 is 11.3 Å². The molecule has 1 amide bonds. The highest BCUT2D eigenvalue weighted by molar-refractivity contribution is 7.14. The Balaban J connectivity index is 1.20. The van der Waals surface area contributed by atoms with Gasteiger partial charge in [0.05, 0.1) is 24.0 Å². The molecule has 2 fully saturated rings. The first kappa shape index (κ1) is 25.7. The van der Waals surface area contributed by atoms with E-state index in [1.165, 1.54) is 23.5 Å². The third kappa shape index (κ3) is 5.07. The van der Waals surface area contributed by atoms with Gasteiger partial charge < -0.3 is 19.8 Å². The molecule has 39 heavy (non-hydrogen) atoms. The van der Waals surface area contributed by atoms with Gasteiger partial charge in [-0.2, -0.15) is 4.52 Å². The topological polar surface area (TPSA) is 93.3 Å². The second-order valence-corrected chi connectivity index (χ2v) is 10.8. The lowest BCUT2D eigenvalue weighted by Gasteiger charge is -2.39. The maximum absolute atomic E-state index is 13.4. The van der Waals surface area contributed by atoms with Gasteiger partial charge in [0.2, 0.25) is 5.91 Å². The summed E-state index contributed by atoms with van der Waals surface area (Å²) in [6.45, 7) is 6.42. The molecule has 5 heterocycles. The van der Waals surface area contributed by atoms with E-state index in [9.17, 15) is 14.3 Å². The molecule has 2 saturated heterocycles. The van der Waals surface area contributed by atoms with E-state index in [1.54, 1.807) is 17.0 Å². The van der Waals surface area contributed by atoms with Crippen molar-refractivity contribution in [3.8, 4) is 11.3 Å². The molecule has 2 aliphatic rings. The maximum Gasteiger partial charge on any atom is 0.236 e. The zero-order valence-corrected chi connectivity index (χ0v) is 22.8. The van der Waals surface area contributed by atoms with E-state index in [4.69, 9.17) is 15.1 Å². The maximum atomic E-state index is 13.4. The van der Waals surface area contributed by atoms with E-state index in [0.29, 0.717) is 19.6 Å². The molecule has 2 aliphatic heterocycles. The summed E-state index contributed by atoms with van der Waals surface area (Å²) in [7, 11) is 1.97. The number of benzene rings is 1. The van der Waals surface area contributed by atoms with Gasteiger partial charge in [-0.15, -0.1) is 16.4 Å². The minimum Gasteiger partial charge on any atom is -0.389 e. The monoisotopic (exact) mass is 550 g/mol. The number of hydrogen-bond donors (Lipinski definition) is 1. The molecule has 204 valence electrons. The highest BCUT2D eigenvalue weighted by Crippen LogP contribution is 2.33. The van der Waals surface area contributed by atoms with Crippen LogP contribution < -0.4 is 9.80 Å². The van der Waals surface area contributed by atoms with Gasteiger partial charge in [-0.3, -0.25) is 9.69 Å². The Morgan fingerprint density at radius 3 is 2.54 bits per heavy atom. The molecule has 0 bridgehead atoms. The number of aryl methyl sites for hydroxylation is 1. The number of aliphatic hydroxyl groups excluding tert-OH is 1. The van der Waals surface area contributed by atoms with Crippen LogP contribution in [0.15, 0.2) is 41.8 Å². The van der Waals surface area contributed by atoms with Crippen LogP contribution in [0.1, 0.15) is 12.6 Å². The average molecular weight is 551 g/mol. The van der Waals surface area contributed by atoms with Crippen LogP contribution in [0.25, 0.3) is 16.9 Å². The van der Waals surface area contributed by atoms with Crippen LogP contribution in [0.5, 0.6) is 0 Å². The fraction of sp³-hybridized carbons (Fsp3) is 0.407. The van der Waals surface area contributed by atoms with E-state index in [1.807, 2.05) is 34.0 Å². The lowest BCUT2D eigenvalue weighted by Crippen LogP contribution is -2.57. The molecule has 0 atom stereocenters. The first-order valence-corrected chi connectivity index (χ1v) is 14.0. The Labute approximate surface area is 229 Å². The predicted molar refractivity (Wildman–Crippen MR) is 149 cm³/mol. The molecule has 0 saturated carbocycles. The number of hydrogen-bond acceptors (Lipinski definition) is 9. The number of aromatic nitrogens is 4. The number of carbonyl (C=O) groups excluding carboxylic acids is 1. The van der Waals surface area contributed by atoms with Gasteiger partial charge in [-0.05, 0) is 42.8 Å². The van der Waals surface area contributed by atoms with Crippen molar-refractivity contribution in [2.75, 3.05) is 62.7 Å². The van der Waals surface area contributed by atoms with Gasteiger partial charge in [0.25, 0.3) is 0 Å². The van der Waals surface area contributed by atoms with E-state index in [2.05, 4.69) is 16.7 Å². The number of nitrogens with zero attached hydrogens (tertiary/aromatic N) is 8. The zero-order valence-electron chi connectivity index (χ0n) is 22.0. The summed E-state index contributed by atoms with van der Waals surface area (Å²) in [5, 5.41) is 17.2. The summed E-state index contributed by atoms with van der Waals surface area (Å²) in [6, 6.07) is 10.4. The molecule has 1 aromatic carbocycles. The summed E-state index contributed by atoms with van der Waals surface area (Å²) in [5.74, 6) is 1.54. The summed E-state index contributed by atoms with van der Waals surface area (Å²) in [6.07, 6.45) is 0.370. The van der Waals surface area contributed by atoms with Crippen molar-refractivity contribution in [2.24, 2.45) is 0 Å². The van der Waals surface area contributed by atoms with Crippen LogP contribution in [-0.4, -0.2) is 99.4 Å². The lowest BCUT2D eigenvalue weighted by molar-refractivity contribution is -0.142. The van der Waals surface area contributed by atoms with Crippen LogP contribution in [-0.2, 0) is 11.2 Å². The summed E-state index contributed by atoms with van der Waals surface area (Å²) in [5.41, 5.74) is 3.36. The molecule has 0 aliphatic carbocycles. The van der Waals surface area contributed by atoms with E-state index < -0.39 is 0 Å². The van der Waals surface area contributed by atoms with Crippen LogP contribution in [0, 0.1) is 5.82 Å². The Bertz CT molecular complexity index is 1470. The van der Waals surface area contributed by atoms with Gasteiger partial charge >= 0.3 is 0 Å². The minimum absolute atomic E-state index is 0.0799. The van der Waals surface area contributed by atoms with Gasteiger partial charge in [0.1, 0.15) is 11.6 Å². The molecule has 3 aromatic heterocycles. The van der Waals surface area contributed by atoms with E-state index >= 15 is 0 Å². The number of fused-ring (bicyclic) bond motifs is 1. The highest BCUT2D eigenvalue weighted by Gasteiger charge is 2.30. The standard InChI is InChI=1S/C27H31FN8O2S/c1-3-21-26(32(2)27-30-22(17-39-27)18-4-6-19(28)7-5-18)36-23(29-21)8-9-24(31-36)34-12-10-33(11-13-34)16-25(38)35-14-20(37)15-35/h4-9,17,20,37H,3,10-16H2,1-2H3. The number of thiazole rings is 1. The Morgan fingerprint density at radius 1 is 1.10 bits per heavy atom. The summed E-state index contributed by atoms with van der Waals surface area (Å²) in [4.78, 5) is 30.2. The molecule has 0 unspecified atom stereocenters. The molecule has 0 spiro atoms. The van der Waals surface area contributed by atoms with Crippen molar-refractivity contribution in [1.82, 2.24) is 29.4 Å².